The highest BCUT2D eigenvalue weighted by molar-refractivity contribution is 7.12. The van der Waals surface area contributed by atoms with Crippen LogP contribution >= 0.6 is 11.3 Å². The maximum atomic E-state index is 10.7. The van der Waals surface area contributed by atoms with E-state index in [2.05, 4.69) is 20.4 Å². The molecular formula is C16H15N5O3S. The average Bonchev–Trinajstić information content (AvgIpc) is 3.28. The van der Waals surface area contributed by atoms with Crippen LogP contribution in [0.15, 0.2) is 51.8 Å². The maximum absolute atomic E-state index is 10.7. The van der Waals surface area contributed by atoms with E-state index in [0.29, 0.717) is 22.2 Å². The zero-order valence-corrected chi connectivity index (χ0v) is 14.0. The van der Waals surface area contributed by atoms with Crippen LogP contribution in [0.1, 0.15) is 29.2 Å². The Labute approximate surface area is 147 Å². The van der Waals surface area contributed by atoms with Gasteiger partial charge in [0, 0.05) is 16.5 Å². The van der Waals surface area contributed by atoms with Crippen LogP contribution in [-0.4, -0.2) is 26.9 Å². The smallest absolute Gasteiger partial charge is 0.405 e. The summed E-state index contributed by atoms with van der Waals surface area (Å²) in [7, 11) is 0. The Morgan fingerprint density at radius 3 is 2.76 bits per heavy atom. The summed E-state index contributed by atoms with van der Waals surface area (Å²) in [5, 5.41) is 17.4. The van der Waals surface area contributed by atoms with Crippen molar-refractivity contribution in [1.82, 2.24) is 15.3 Å². The molecule has 9 heteroatoms. The molecule has 0 spiro atoms. The van der Waals surface area contributed by atoms with E-state index in [-0.39, 0.29) is 0 Å². The van der Waals surface area contributed by atoms with E-state index in [1.165, 1.54) is 17.7 Å². The number of hydrazone groups is 1. The first kappa shape index (κ1) is 16.7. The third-order valence-electron chi connectivity index (χ3n) is 3.51. The second kappa shape index (κ2) is 7.14. The molecule has 0 fully saturated rings. The SMILES string of the molecule is CC(NC(=O)O)c1csc(/C(=N\N)c2ccc(-c3cnco3)cc2)n1. The Bertz CT molecular complexity index is 887. The lowest BCUT2D eigenvalue weighted by atomic mass is 10.1. The first-order valence-corrected chi connectivity index (χ1v) is 8.19. The van der Waals surface area contributed by atoms with Gasteiger partial charge in [0.05, 0.1) is 17.9 Å². The van der Waals surface area contributed by atoms with Gasteiger partial charge in [0.15, 0.2) is 12.2 Å². The Morgan fingerprint density at radius 1 is 1.40 bits per heavy atom. The number of oxazole rings is 1. The molecule has 0 bridgehead atoms. The Balaban J connectivity index is 1.83. The fraction of sp³-hybridized carbons (Fsp3) is 0.125. The molecule has 0 saturated carbocycles. The van der Waals surface area contributed by atoms with E-state index in [4.69, 9.17) is 15.4 Å². The van der Waals surface area contributed by atoms with Crippen LogP contribution in [0.2, 0.25) is 0 Å². The van der Waals surface area contributed by atoms with Gasteiger partial charge in [-0.1, -0.05) is 24.3 Å². The summed E-state index contributed by atoms with van der Waals surface area (Å²) in [6.07, 6.45) is 1.91. The number of carbonyl (C=O) groups is 1. The van der Waals surface area contributed by atoms with Crippen molar-refractivity contribution in [1.29, 1.82) is 0 Å². The predicted octanol–water partition coefficient (Wildman–Crippen LogP) is 2.84. The summed E-state index contributed by atoms with van der Waals surface area (Å²) in [5.41, 5.74) is 2.83. The monoisotopic (exact) mass is 357 g/mol. The number of nitrogens with two attached hydrogens (primary N) is 1. The second-order valence-corrected chi connectivity index (χ2v) is 6.03. The Hall–Kier alpha value is -3.20. The van der Waals surface area contributed by atoms with Crippen LogP contribution in [0, 0.1) is 0 Å². The summed E-state index contributed by atoms with van der Waals surface area (Å²) in [4.78, 5) is 19.1. The maximum Gasteiger partial charge on any atom is 0.405 e. The van der Waals surface area contributed by atoms with E-state index in [0.717, 1.165) is 11.1 Å². The largest absolute Gasteiger partial charge is 0.465 e. The third kappa shape index (κ3) is 3.66. The lowest BCUT2D eigenvalue weighted by Crippen LogP contribution is -2.24. The minimum Gasteiger partial charge on any atom is -0.465 e. The van der Waals surface area contributed by atoms with E-state index < -0.39 is 12.1 Å². The van der Waals surface area contributed by atoms with Crippen molar-refractivity contribution in [2.45, 2.75) is 13.0 Å². The summed E-state index contributed by atoms with van der Waals surface area (Å²) in [6.45, 7) is 1.72. The number of thiazole rings is 1. The molecule has 128 valence electrons. The van der Waals surface area contributed by atoms with Crippen LogP contribution in [-0.2, 0) is 0 Å². The molecule has 1 aromatic carbocycles. The molecule has 4 N–H and O–H groups in total. The van der Waals surface area contributed by atoms with Crippen LogP contribution in [0.4, 0.5) is 4.79 Å². The lowest BCUT2D eigenvalue weighted by Gasteiger charge is -2.07. The molecule has 0 aliphatic carbocycles. The Kier molecular flexibility index (Phi) is 4.75. The highest BCUT2D eigenvalue weighted by atomic mass is 32.1. The molecule has 2 heterocycles. The van der Waals surface area contributed by atoms with Crippen molar-refractivity contribution < 1.29 is 14.3 Å². The van der Waals surface area contributed by atoms with Gasteiger partial charge in [0.1, 0.15) is 10.7 Å². The van der Waals surface area contributed by atoms with Crippen LogP contribution in [0.25, 0.3) is 11.3 Å². The number of nitrogens with one attached hydrogen (secondary N) is 1. The van der Waals surface area contributed by atoms with Crippen molar-refractivity contribution in [3.05, 3.63) is 58.5 Å². The van der Waals surface area contributed by atoms with Crippen molar-refractivity contribution in [2.24, 2.45) is 10.9 Å². The summed E-state index contributed by atoms with van der Waals surface area (Å²) >= 11 is 1.35. The van der Waals surface area contributed by atoms with Crippen molar-refractivity contribution in [3.8, 4) is 11.3 Å². The van der Waals surface area contributed by atoms with Gasteiger partial charge in [-0.3, -0.25) is 0 Å². The van der Waals surface area contributed by atoms with Gasteiger partial charge in [-0.25, -0.2) is 14.8 Å². The summed E-state index contributed by atoms with van der Waals surface area (Å²) < 4.78 is 5.26. The molecule has 0 radical (unpaired) electrons. The lowest BCUT2D eigenvalue weighted by molar-refractivity contribution is 0.190. The fourth-order valence-electron chi connectivity index (χ4n) is 2.26. The number of hydrogen-bond acceptors (Lipinski definition) is 7. The number of amides is 1. The van der Waals surface area contributed by atoms with Gasteiger partial charge in [0.25, 0.3) is 0 Å². The predicted molar refractivity (Wildman–Crippen MR) is 93.5 cm³/mol. The van der Waals surface area contributed by atoms with Crippen molar-refractivity contribution in [3.63, 3.8) is 0 Å². The molecule has 25 heavy (non-hydrogen) atoms. The molecule has 1 atom stereocenters. The second-order valence-electron chi connectivity index (χ2n) is 5.17. The van der Waals surface area contributed by atoms with E-state index in [9.17, 15) is 4.79 Å². The number of nitrogens with zero attached hydrogens (tertiary/aromatic N) is 3. The average molecular weight is 357 g/mol. The Morgan fingerprint density at radius 2 is 2.16 bits per heavy atom. The third-order valence-corrected chi connectivity index (χ3v) is 4.38. The number of benzene rings is 1. The molecule has 0 aliphatic rings. The first-order chi connectivity index (χ1) is 12.1. The van der Waals surface area contributed by atoms with Gasteiger partial charge in [-0.15, -0.1) is 11.3 Å². The fourth-order valence-corrected chi connectivity index (χ4v) is 3.19. The highest BCUT2D eigenvalue weighted by Gasteiger charge is 2.16. The zero-order valence-electron chi connectivity index (χ0n) is 13.2. The number of rotatable bonds is 5. The first-order valence-electron chi connectivity index (χ1n) is 7.31. The minimum absolute atomic E-state index is 0.421. The van der Waals surface area contributed by atoms with Gasteiger partial charge < -0.3 is 20.7 Å². The van der Waals surface area contributed by atoms with E-state index >= 15 is 0 Å². The molecule has 1 unspecified atom stereocenters. The van der Waals surface area contributed by atoms with Crippen LogP contribution in [0.3, 0.4) is 0 Å². The summed E-state index contributed by atoms with van der Waals surface area (Å²) in [6, 6.07) is 7.07. The van der Waals surface area contributed by atoms with E-state index in [1.807, 2.05) is 24.3 Å². The summed E-state index contributed by atoms with van der Waals surface area (Å²) in [5.74, 6) is 6.22. The van der Waals surface area contributed by atoms with Crippen molar-refractivity contribution >= 4 is 23.1 Å². The van der Waals surface area contributed by atoms with Gasteiger partial charge >= 0.3 is 6.09 Å². The molecule has 3 rings (SSSR count). The molecule has 3 aromatic rings. The number of carboxylic acid groups (broad SMARTS) is 1. The van der Waals surface area contributed by atoms with Gasteiger partial charge in [0.2, 0.25) is 0 Å². The number of aromatic nitrogens is 2. The normalized spacial score (nSPS) is 12.8. The quantitative estimate of drug-likeness (QED) is 0.366. The van der Waals surface area contributed by atoms with Crippen LogP contribution < -0.4 is 11.2 Å². The molecule has 0 saturated heterocycles. The highest BCUT2D eigenvalue weighted by Crippen LogP contribution is 2.23. The zero-order chi connectivity index (χ0) is 17.8. The standard InChI is InChI=1S/C16H15N5O3S/c1-9(19-16(22)23)12-7-25-15(20-12)14(21-17)11-4-2-10(3-5-11)13-6-18-8-24-13/h2-9,19H,17H2,1H3,(H,22,23)/b21-14-. The van der Waals surface area contributed by atoms with Crippen molar-refractivity contribution in [2.75, 3.05) is 0 Å². The van der Waals surface area contributed by atoms with Crippen LogP contribution in [0.5, 0.6) is 0 Å². The molecular weight excluding hydrogens is 342 g/mol. The number of hydrogen-bond donors (Lipinski definition) is 3. The topological polar surface area (TPSA) is 127 Å². The van der Waals surface area contributed by atoms with Gasteiger partial charge in [-0.05, 0) is 6.92 Å². The van der Waals surface area contributed by atoms with Gasteiger partial charge in [-0.2, -0.15) is 5.10 Å². The van der Waals surface area contributed by atoms with E-state index in [1.54, 1.807) is 18.5 Å². The minimum atomic E-state index is -1.10. The molecule has 2 aromatic heterocycles. The molecule has 8 nitrogen and oxygen atoms in total. The molecule has 1 amide bonds. The molecule has 0 aliphatic heterocycles.